The Morgan fingerprint density at radius 1 is 0.569 bits per heavy atom. The molecule has 15 rings (SSSR count). The molecule has 11 aliphatic carbocycles. The molecule has 4 N–H and O–H groups in total. The Morgan fingerprint density at radius 2 is 1.08 bits per heavy atom. The van der Waals surface area contributed by atoms with Crippen molar-refractivity contribution in [1.29, 1.82) is 0 Å². The van der Waals surface area contributed by atoms with Crippen molar-refractivity contribution in [3.05, 3.63) is 53.6 Å². The van der Waals surface area contributed by atoms with Gasteiger partial charge in [0.05, 0.1) is 44.3 Å². The molecule has 13 aliphatic rings. The van der Waals surface area contributed by atoms with Gasteiger partial charge in [0.25, 0.3) is 0 Å². The maximum atomic E-state index is 12.8. The van der Waals surface area contributed by atoms with E-state index in [2.05, 4.69) is 48.5 Å². The van der Waals surface area contributed by atoms with Crippen LogP contribution in [0.3, 0.4) is 0 Å². The number of aromatic hydroxyl groups is 2. The van der Waals surface area contributed by atoms with Gasteiger partial charge in [-0.15, -0.1) is 0 Å². The second kappa shape index (κ2) is 32.1. The van der Waals surface area contributed by atoms with Gasteiger partial charge >= 0.3 is 41.8 Å². The van der Waals surface area contributed by atoms with E-state index in [0.29, 0.717) is 66.8 Å². The smallest absolute Gasteiger partial charge is 0.344 e. The molecule has 572 valence electrons. The number of phenolic OH excluding ortho intramolecular Hbond substituents is 2. The van der Waals surface area contributed by atoms with E-state index in [1.165, 1.54) is 63.1 Å². The molecule has 18 heteroatoms. The topological polar surface area (TPSA) is 265 Å². The summed E-state index contributed by atoms with van der Waals surface area (Å²) >= 11 is 0. The Balaban J connectivity index is 0.000000163. The summed E-state index contributed by atoms with van der Waals surface area (Å²) in [6, 6.07) is 11.4. The first-order chi connectivity index (χ1) is 47.5. The highest BCUT2D eigenvalue weighted by Crippen LogP contribution is 2.63. The Kier molecular flexibility index (Phi) is 25.8. The second-order valence-electron chi connectivity index (χ2n) is 36.2. The predicted molar refractivity (Wildman–Crippen MR) is 389 cm³/mol. The molecule has 0 amide bonds. The number of esters is 7. The molecule has 2 saturated heterocycles. The number of carbonyl (C=O) groups excluding carboxylic acids is 7. The summed E-state index contributed by atoms with van der Waals surface area (Å²) in [5, 5.41) is 40.3. The summed E-state index contributed by atoms with van der Waals surface area (Å²) in [5.41, 5.74) is -2.94. The van der Waals surface area contributed by atoms with E-state index in [0.717, 1.165) is 101 Å². The quantitative estimate of drug-likeness (QED) is 0.0415. The number of hydrogen-bond donors (Lipinski definition) is 4. The predicted octanol–water partition coefficient (Wildman–Crippen LogP) is 17.0. The molecule has 0 radical (unpaired) electrons. The third-order valence-corrected chi connectivity index (χ3v) is 26.3. The van der Waals surface area contributed by atoms with E-state index in [-0.39, 0.29) is 87.9 Å². The zero-order valence-corrected chi connectivity index (χ0v) is 65.2. The molecule has 2 aromatic carbocycles. The second-order valence-corrected chi connectivity index (χ2v) is 36.2. The van der Waals surface area contributed by atoms with Crippen LogP contribution in [0.25, 0.3) is 0 Å². The number of phenols is 2. The molecular formula is C84H128O18. The maximum absolute atomic E-state index is 12.8. The van der Waals surface area contributed by atoms with Gasteiger partial charge in [0.1, 0.15) is 29.0 Å². The van der Waals surface area contributed by atoms with E-state index < -0.39 is 57.4 Å². The monoisotopic (exact) mass is 1420 g/mol. The third kappa shape index (κ3) is 18.5. The van der Waals surface area contributed by atoms with Crippen LogP contribution in [-0.4, -0.2) is 109 Å². The number of fused-ring (bicyclic) bond motifs is 1. The molecule has 102 heavy (non-hydrogen) atoms. The van der Waals surface area contributed by atoms with Crippen molar-refractivity contribution in [2.45, 2.75) is 325 Å². The van der Waals surface area contributed by atoms with Crippen LogP contribution in [0.15, 0.2) is 42.5 Å². The summed E-state index contributed by atoms with van der Waals surface area (Å²) in [7, 11) is 0. The fourth-order valence-electron chi connectivity index (χ4n) is 18.7. The van der Waals surface area contributed by atoms with E-state index in [1.54, 1.807) is 26.0 Å². The Bertz CT molecular complexity index is 3210. The van der Waals surface area contributed by atoms with Crippen LogP contribution in [0.5, 0.6) is 17.2 Å². The largest absolute Gasteiger partial charge is 0.504 e. The number of hydrogen-bond acceptors (Lipinski definition) is 18. The average Bonchev–Trinajstić information content (AvgIpc) is 0.784. The van der Waals surface area contributed by atoms with E-state index in [1.807, 2.05) is 74.4 Å². The van der Waals surface area contributed by atoms with Crippen molar-refractivity contribution in [3.63, 3.8) is 0 Å². The van der Waals surface area contributed by atoms with E-state index in [9.17, 15) is 54.0 Å². The molecule has 8 atom stereocenters. The van der Waals surface area contributed by atoms with Gasteiger partial charge in [0.15, 0.2) is 18.1 Å². The van der Waals surface area contributed by atoms with Crippen LogP contribution < -0.4 is 4.74 Å². The standard InChI is InChI=1S/C19H32O2.C18H26O6.C17H18O4.C16H26O4.C14H26O2/c1-6-18(4,5)17(20)21-19(12(2)3)15-8-13-7-14(10-15)11-16(19)9-13;1-4-18(2,3)17(21)22-9-14(19)24-15-11-5-10-6-12(8-11)16(20)23-13(15)7-10;1-3-11(2)12-7-9-13(10-8-12)17(20)21-15-6-4-5-14(18)16(15)19;1-4-13(2,3)12(17)20-16-7-11-5-14(18,9-16)8-15(19,6-11)10-16;1-6-13(4,5)12(15)16-14(11(2)3)9-7-8-10-14/h12-16H,6-11H2,1-5H3;10-13,15H,4-9H2,1-3H3;4-11,18-19H,3H2,1-2H3;11,18-19H,4-10H2,1-3H3;11H,6-10H2,1-5H3. The summed E-state index contributed by atoms with van der Waals surface area (Å²) in [4.78, 5) is 85.4. The van der Waals surface area contributed by atoms with Crippen LogP contribution in [0.1, 0.15) is 301 Å². The number of carbonyl (C=O) groups is 7. The maximum Gasteiger partial charge on any atom is 0.344 e. The SMILES string of the molecule is CCC(C)(C)C(=O)OC1(C(C)C)C2CC3CC(C2)CC1C3.CCC(C)(C)C(=O)OC1(C(C)C)CCCC1.CCC(C)(C)C(=O)OC12CC3CC(O)(CC(O)(C3)C1)C2.CCC(C)(C)C(=O)OCC(=O)OC1C2CC3CC(C2)C(=O)OC1C3.CCC(C)c1ccc(C(=O)Oc2cccc(O)c2O)cc1. The molecule has 2 heterocycles. The van der Waals surface area contributed by atoms with Gasteiger partial charge in [-0.2, -0.15) is 0 Å². The zero-order valence-electron chi connectivity index (χ0n) is 65.2. The molecule has 13 fully saturated rings. The molecule has 0 spiro atoms. The highest BCUT2D eigenvalue weighted by molar-refractivity contribution is 5.91. The third-order valence-electron chi connectivity index (χ3n) is 26.3. The normalized spacial score (nSPS) is 31.4. The van der Waals surface area contributed by atoms with E-state index >= 15 is 0 Å². The lowest BCUT2D eigenvalue weighted by Gasteiger charge is -2.62. The van der Waals surface area contributed by atoms with Gasteiger partial charge in [-0.25, -0.2) is 9.59 Å². The average molecular weight is 1430 g/mol. The molecule has 11 saturated carbocycles. The Hall–Kier alpha value is -5.75. The summed E-state index contributed by atoms with van der Waals surface area (Å²) in [6.45, 7) is 36.0. The first-order valence-electron chi connectivity index (χ1n) is 39.1. The summed E-state index contributed by atoms with van der Waals surface area (Å²) in [6.07, 6.45) is 21.5. The molecule has 18 nitrogen and oxygen atoms in total. The fraction of sp³-hybridized carbons (Fsp3) is 0.774. The van der Waals surface area contributed by atoms with Crippen molar-refractivity contribution in [3.8, 4) is 17.2 Å². The first-order valence-corrected chi connectivity index (χ1v) is 39.1. The minimum absolute atomic E-state index is 0.0226. The van der Waals surface area contributed by atoms with Crippen LogP contribution in [-0.2, 0) is 57.2 Å². The fourth-order valence-corrected chi connectivity index (χ4v) is 18.7. The minimum Gasteiger partial charge on any atom is -0.504 e. The van der Waals surface area contributed by atoms with Gasteiger partial charge in [0, 0.05) is 25.2 Å². The number of rotatable bonds is 20. The molecule has 2 aromatic rings. The van der Waals surface area contributed by atoms with Gasteiger partial charge < -0.3 is 53.6 Å². The summed E-state index contributed by atoms with van der Waals surface area (Å²) < 4.78 is 39.4. The number of aliphatic hydroxyl groups is 2. The van der Waals surface area contributed by atoms with Crippen molar-refractivity contribution in [2.75, 3.05) is 6.61 Å². The van der Waals surface area contributed by atoms with E-state index in [4.69, 9.17) is 33.2 Å². The van der Waals surface area contributed by atoms with Crippen molar-refractivity contribution < 1.29 is 87.1 Å². The van der Waals surface area contributed by atoms with Gasteiger partial charge in [0.2, 0.25) is 5.75 Å². The lowest BCUT2D eigenvalue weighted by molar-refractivity contribution is -0.264. The highest BCUT2D eigenvalue weighted by atomic mass is 16.6. The van der Waals surface area contributed by atoms with Crippen LogP contribution >= 0.6 is 0 Å². The molecule has 2 aliphatic heterocycles. The molecule has 8 unspecified atom stereocenters. The Labute approximate surface area is 609 Å². The van der Waals surface area contributed by atoms with Crippen LogP contribution in [0.4, 0.5) is 0 Å². The summed E-state index contributed by atoms with van der Waals surface area (Å²) in [5.74, 6) is 2.52. The number of benzene rings is 2. The van der Waals surface area contributed by atoms with Gasteiger partial charge in [-0.1, -0.05) is 87.4 Å². The molecular weight excluding hydrogens is 1300 g/mol. The Morgan fingerprint density at radius 3 is 1.58 bits per heavy atom. The highest BCUT2D eigenvalue weighted by Gasteiger charge is 2.65. The van der Waals surface area contributed by atoms with Gasteiger partial charge in [-0.3, -0.25) is 24.0 Å². The number of ether oxygens (including phenoxy) is 7. The van der Waals surface area contributed by atoms with Crippen LogP contribution in [0, 0.1) is 80.8 Å². The lowest BCUT2D eigenvalue weighted by Crippen LogP contribution is -2.67. The van der Waals surface area contributed by atoms with Crippen molar-refractivity contribution in [1.82, 2.24) is 0 Å². The van der Waals surface area contributed by atoms with Crippen LogP contribution in [0.2, 0.25) is 0 Å². The number of para-hydroxylation sites is 1. The first kappa shape index (κ1) is 81.9. The van der Waals surface area contributed by atoms with Gasteiger partial charge in [-0.05, 0) is 273 Å². The lowest BCUT2D eigenvalue weighted by atomic mass is 9.47. The minimum atomic E-state index is -0.842. The van der Waals surface area contributed by atoms with Crippen molar-refractivity contribution in [2.24, 2.45) is 80.8 Å². The zero-order chi connectivity index (χ0) is 75.5. The molecule has 0 aromatic heterocycles. The van der Waals surface area contributed by atoms with Crippen molar-refractivity contribution >= 4 is 41.8 Å². The molecule has 12 bridgehead atoms.